The summed E-state index contributed by atoms with van der Waals surface area (Å²) in [5.41, 5.74) is 0. The first-order valence-electron chi connectivity index (χ1n) is 2.82. The van der Waals surface area contributed by atoms with Crippen LogP contribution < -0.4 is 0 Å². The van der Waals surface area contributed by atoms with Gasteiger partial charge in [0.05, 0.1) is 6.61 Å². The van der Waals surface area contributed by atoms with Gasteiger partial charge in [-0.3, -0.25) is 0 Å². The average molecular weight is 209 g/mol. The van der Waals surface area contributed by atoms with E-state index < -0.39 is 10.9 Å². The summed E-state index contributed by atoms with van der Waals surface area (Å²) in [5, 5.41) is 6.93. The van der Waals surface area contributed by atoms with Gasteiger partial charge in [-0.05, 0) is 22.9 Å². The van der Waals surface area contributed by atoms with Gasteiger partial charge < -0.3 is 4.74 Å². The summed E-state index contributed by atoms with van der Waals surface area (Å²) in [6.45, 7) is 2.10. The normalized spacial score (nSPS) is 13.5. The Balaban J connectivity index is 3.70. The van der Waals surface area contributed by atoms with Gasteiger partial charge in [-0.1, -0.05) is 0 Å². The summed E-state index contributed by atoms with van der Waals surface area (Å²) in [4.78, 5) is 10.1. The summed E-state index contributed by atoms with van der Waals surface area (Å²) in [6.07, 6.45) is 0. The summed E-state index contributed by atoms with van der Waals surface area (Å²) in [5.74, 6) is -0.409. The molecule has 5 heteroatoms. The Morgan fingerprint density at radius 1 is 1.80 bits per heavy atom. The number of rotatable bonds is 3. The fourth-order valence-electron chi connectivity index (χ4n) is 0.360. The summed E-state index contributed by atoms with van der Waals surface area (Å²) in [7, 11) is 1.49. The van der Waals surface area contributed by atoms with Crippen LogP contribution in [0, 0.1) is 0 Å². The van der Waals surface area contributed by atoms with Crippen molar-refractivity contribution in [2.24, 2.45) is 10.2 Å². The Morgan fingerprint density at radius 2 is 2.40 bits per heavy atom. The Morgan fingerprint density at radius 3 is 2.80 bits per heavy atom. The van der Waals surface area contributed by atoms with E-state index in [0.717, 1.165) is 0 Å². The molecule has 0 saturated heterocycles. The Labute approximate surface area is 67.8 Å². The number of ether oxygens (including phenoxy) is 1. The lowest BCUT2D eigenvalue weighted by atomic mass is 10.7. The summed E-state index contributed by atoms with van der Waals surface area (Å²) >= 11 is 2.97. The lowest BCUT2D eigenvalue weighted by molar-refractivity contribution is -0.142. The molecule has 10 heavy (non-hydrogen) atoms. The molecule has 1 unspecified atom stereocenters. The van der Waals surface area contributed by atoms with Crippen LogP contribution in [0.5, 0.6) is 0 Å². The SMILES string of the molecule is CCOC(=O)C(Br)N=NC. The smallest absolute Gasteiger partial charge is 0.343 e. The zero-order chi connectivity index (χ0) is 7.98. The fraction of sp³-hybridized carbons (Fsp3) is 0.800. The van der Waals surface area contributed by atoms with E-state index in [-0.39, 0.29) is 0 Å². The number of carbonyl (C=O) groups excluding carboxylic acids is 1. The van der Waals surface area contributed by atoms with E-state index in [9.17, 15) is 4.79 Å². The second-order valence-corrected chi connectivity index (χ2v) is 2.27. The van der Waals surface area contributed by atoms with Gasteiger partial charge in [0.25, 0.3) is 0 Å². The third kappa shape index (κ3) is 3.55. The van der Waals surface area contributed by atoms with Crippen LogP contribution in [0.1, 0.15) is 6.92 Å². The third-order valence-electron chi connectivity index (χ3n) is 0.698. The van der Waals surface area contributed by atoms with Crippen molar-refractivity contribution in [1.82, 2.24) is 0 Å². The zero-order valence-electron chi connectivity index (χ0n) is 5.87. The minimum Gasteiger partial charge on any atom is -0.464 e. The van der Waals surface area contributed by atoms with Crippen LogP contribution in [-0.2, 0) is 9.53 Å². The van der Waals surface area contributed by atoms with E-state index in [1.54, 1.807) is 6.92 Å². The quantitative estimate of drug-likeness (QED) is 0.305. The van der Waals surface area contributed by atoms with Gasteiger partial charge in [-0.2, -0.15) is 10.2 Å². The van der Waals surface area contributed by atoms with Gasteiger partial charge in [0.15, 0.2) is 0 Å². The minimum absolute atomic E-state index is 0.361. The van der Waals surface area contributed by atoms with Crippen molar-refractivity contribution in [3.63, 3.8) is 0 Å². The molecular weight excluding hydrogens is 200 g/mol. The van der Waals surface area contributed by atoms with Gasteiger partial charge in [0, 0.05) is 7.05 Å². The van der Waals surface area contributed by atoms with Gasteiger partial charge in [0.2, 0.25) is 4.95 Å². The van der Waals surface area contributed by atoms with Crippen LogP contribution in [-0.4, -0.2) is 24.6 Å². The average Bonchev–Trinajstić information content (AvgIpc) is 1.89. The number of hydrogen-bond donors (Lipinski definition) is 0. The maximum atomic E-state index is 10.7. The van der Waals surface area contributed by atoms with Crippen molar-refractivity contribution in [3.05, 3.63) is 0 Å². The molecule has 0 spiro atoms. The molecule has 0 heterocycles. The first kappa shape index (κ1) is 9.55. The molecule has 0 aromatic rings. The first-order chi connectivity index (χ1) is 4.72. The van der Waals surface area contributed by atoms with Crippen molar-refractivity contribution in [1.29, 1.82) is 0 Å². The van der Waals surface area contributed by atoms with E-state index in [4.69, 9.17) is 0 Å². The number of hydrogen-bond acceptors (Lipinski definition) is 4. The summed E-state index contributed by atoms with van der Waals surface area (Å²) in [6, 6.07) is 0. The highest BCUT2D eigenvalue weighted by Crippen LogP contribution is 2.03. The molecule has 0 radical (unpaired) electrons. The van der Waals surface area contributed by atoms with Crippen molar-refractivity contribution in [3.8, 4) is 0 Å². The summed E-state index contributed by atoms with van der Waals surface area (Å²) < 4.78 is 4.62. The van der Waals surface area contributed by atoms with E-state index in [1.807, 2.05) is 0 Å². The predicted octanol–water partition coefficient (Wildman–Crippen LogP) is 1.35. The van der Waals surface area contributed by atoms with Crippen LogP contribution in [0.4, 0.5) is 0 Å². The molecule has 0 saturated carbocycles. The van der Waals surface area contributed by atoms with Gasteiger partial charge in [0.1, 0.15) is 0 Å². The van der Waals surface area contributed by atoms with Crippen molar-refractivity contribution in [2.45, 2.75) is 11.9 Å². The van der Waals surface area contributed by atoms with Crippen LogP contribution in [0.25, 0.3) is 0 Å². The number of esters is 1. The maximum Gasteiger partial charge on any atom is 0.343 e. The standard InChI is InChI=1S/C5H9BrN2O2/c1-3-10-5(9)4(6)8-7-2/h4H,3H2,1-2H3. The lowest BCUT2D eigenvalue weighted by Gasteiger charge is -2.00. The lowest BCUT2D eigenvalue weighted by Crippen LogP contribution is -2.14. The van der Waals surface area contributed by atoms with Crippen LogP contribution in [0.3, 0.4) is 0 Å². The molecule has 0 aliphatic carbocycles. The molecule has 4 nitrogen and oxygen atoms in total. The molecular formula is C5H9BrN2O2. The second-order valence-electron chi connectivity index (χ2n) is 1.40. The van der Waals surface area contributed by atoms with Crippen molar-refractivity contribution in [2.75, 3.05) is 13.7 Å². The topological polar surface area (TPSA) is 51.0 Å². The Bertz CT molecular complexity index is 138. The van der Waals surface area contributed by atoms with E-state index >= 15 is 0 Å². The predicted molar refractivity (Wildman–Crippen MR) is 40.1 cm³/mol. The molecule has 0 bridgehead atoms. The van der Waals surface area contributed by atoms with Gasteiger partial charge in [-0.15, -0.1) is 0 Å². The Hall–Kier alpha value is -0.450. The van der Waals surface area contributed by atoms with Crippen molar-refractivity contribution < 1.29 is 9.53 Å². The molecule has 0 N–H and O–H groups in total. The van der Waals surface area contributed by atoms with Crippen LogP contribution in [0.2, 0.25) is 0 Å². The monoisotopic (exact) mass is 208 g/mol. The molecule has 0 amide bonds. The number of azo groups is 1. The molecule has 1 atom stereocenters. The first-order valence-corrected chi connectivity index (χ1v) is 3.73. The zero-order valence-corrected chi connectivity index (χ0v) is 7.46. The molecule has 0 aromatic carbocycles. The highest BCUT2D eigenvalue weighted by atomic mass is 79.9. The third-order valence-corrected chi connectivity index (χ3v) is 1.25. The fourth-order valence-corrected chi connectivity index (χ4v) is 0.675. The number of nitrogens with zero attached hydrogens (tertiary/aromatic N) is 2. The highest BCUT2D eigenvalue weighted by molar-refractivity contribution is 9.10. The van der Waals surface area contributed by atoms with Gasteiger partial charge in [-0.25, -0.2) is 4.79 Å². The molecule has 0 aliphatic rings. The van der Waals surface area contributed by atoms with E-state index in [0.29, 0.717) is 6.61 Å². The molecule has 0 aliphatic heterocycles. The molecule has 58 valence electrons. The van der Waals surface area contributed by atoms with Crippen molar-refractivity contribution >= 4 is 21.9 Å². The molecule has 0 rings (SSSR count). The second kappa shape index (κ2) is 5.34. The maximum absolute atomic E-state index is 10.7. The number of alkyl halides is 1. The van der Waals surface area contributed by atoms with E-state index in [1.165, 1.54) is 7.05 Å². The highest BCUT2D eigenvalue weighted by Gasteiger charge is 2.13. The minimum atomic E-state index is -0.655. The van der Waals surface area contributed by atoms with Crippen LogP contribution >= 0.6 is 15.9 Å². The van der Waals surface area contributed by atoms with E-state index in [2.05, 4.69) is 30.9 Å². The number of halogens is 1. The van der Waals surface area contributed by atoms with Crippen LogP contribution in [0.15, 0.2) is 10.2 Å². The largest absolute Gasteiger partial charge is 0.464 e. The number of carbonyl (C=O) groups is 1. The Kier molecular flexibility index (Phi) is 5.10. The van der Waals surface area contributed by atoms with Gasteiger partial charge >= 0.3 is 5.97 Å². The molecule has 0 fully saturated rings. The molecule has 0 aromatic heterocycles.